The topological polar surface area (TPSA) is 23.5 Å². The molecule has 1 aliphatic rings. The van der Waals surface area contributed by atoms with Gasteiger partial charge >= 0.3 is 0 Å². The predicted octanol–water partition coefficient (Wildman–Crippen LogP) is 1.05. The van der Waals surface area contributed by atoms with Crippen molar-refractivity contribution in [1.82, 2.24) is 4.90 Å². The molecule has 2 nitrogen and oxygen atoms in total. The van der Waals surface area contributed by atoms with Gasteiger partial charge in [-0.15, -0.1) is 0 Å². The zero-order chi connectivity index (χ0) is 7.56. The second-order valence-corrected chi connectivity index (χ2v) is 3.93. The Morgan fingerprint density at radius 2 is 2.60 bits per heavy atom. The molecule has 1 rings (SSSR count). The van der Waals surface area contributed by atoms with Gasteiger partial charge in [-0.25, -0.2) is 0 Å². The summed E-state index contributed by atoms with van der Waals surface area (Å²) in [7, 11) is 0. The van der Waals surface area contributed by atoms with Crippen molar-refractivity contribution in [3.63, 3.8) is 0 Å². The van der Waals surface area contributed by atoms with Gasteiger partial charge in [-0.1, -0.05) is 30.9 Å². The summed E-state index contributed by atoms with van der Waals surface area (Å²) in [5, 5.41) is 9.35. The summed E-state index contributed by atoms with van der Waals surface area (Å²) < 4.78 is 0.842. The number of thiocarbonyl (C=S) groups is 1. The lowest BCUT2D eigenvalue weighted by molar-refractivity contribution is 0.0598. The van der Waals surface area contributed by atoms with E-state index in [4.69, 9.17) is 12.2 Å². The highest BCUT2D eigenvalue weighted by Crippen LogP contribution is 2.20. The fraction of sp³-hybridized carbons (Fsp3) is 0.833. The molecule has 1 atom stereocenters. The van der Waals surface area contributed by atoms with E-state index >= 15 is 0 Å². The molecule has 1 N–H and O–H groups in total. The molecule has 0 spiro atoms. The van der Waals surface area contributed by atoms with Gasteiger partial charge in [0, 0.05) is 12.3 Å². The van der Waals surface area contributed by atoms with Gasteiger partial charge in [-0.05, 0) is 6.42 Å². The quantitative estimate of drug-likeness (QED) is 0.637. The molecule has 1 saturated heterocycles. The molecule has 10 heavy (non-hydrogen) atoms. The summed E-state index contributed by atoms with van der Waals surface area (Å²) in [5.41, 5.74) is 0. The van der Waals surface area contributed by atoms with Crippen LogP contribution in [0.3, 0.4) is 0 Å². The normalized spacial score (nSPS) is 21.8. The van der Waals surface area contributed by atoms with Crippen molar-refractivity contribution in [1.29, 1.82) is 0 Å². The highest BCUT2D eigenvalue weighted by Gasteiger charge is 2.22. The van der Waals surface area contributed by atoms with Crippen molar-refractivity contribution in [2.45, 2.75) is 19.6 Å². The molecule has 0 aromatic heterocycles. The Kier molecular flexibility index (Phi) is 2.95. The van der Waals surface area contributed by atoms with E-state index in [1.165, 1.54) is 0 Å². The van der Waals surface area contributed by atoms with Crippen LogP contribution in [0.4, 0.5) is 0 Å². The molecular formula is C6H11NOS2. The van der Waals surface area contributed by atoms with Crippen LogP contribution in [-0.2, 0) is 0 Å². The minimum Gasteiger partial charge on any atom is -0.374 e. The molecule has 0 aromatic carbocycles. The Morgan fingerprint density at radius 3 is 3.00 bits per heavy atom. The molecule has 1 aliphatic heterocycles. The third-order valence-corrected chi connectivity index (χ3v) is 2.97. The minimum absolute atomic E-state index is 0.359. The Bertz CT molecular complexity index is 140. The summed E-state index contributed by atoms with van der Waals surface area (Å²) in [5.74, 6) is 1.02. The standard InChI is InChI=1S/C6H11NOS2/c1-2-5(8)7-3-4-10-6(7)9/h5,8H,2-4H2,1H3. The van der Waals surface area contributed by atoms with E-state index < -0.39 is 0 Å². The highest BCUT2D eigenvalue weighted by atomic mass is 32.2. The number of hydrogen-bond donors (Lipinski definition) is 1. The lowest BCUT2D eigenvalue weighted by Crippen LogP contribution is -2.34. The molecule has 1 fully saturated rings. The lowest BCUT2D eigenvalue weighted by Gasteiger charge is -2.22. The van der Waals surface area contributed by atoms with Crippen LogP contribution in [-0.4, -0.2) is 32.9 Å². The van der Waals surface area contributed by atoms with E-state index in [9.17, 15) is 5.11 Å². The van der Waals surface area contributed by atoms with Crippen molar-refractivity contribution in [2.75, 3.05) is 12.3 Å². The summed E-state index contributed by atoms with van der Waals surface area (Å²) in [4.78, 5) is 1.88. The third-order valence-electron chi connectivity index (χ3n) is 1.52. The summed E-state index contributed by atoms with van der Waals surface area (Å²) >= 11 is 6.66. The highest BCUT2D eigenvalue weighted by molar-refractivity contribution is 8.23. The molecule has 4 heteroatoms. The first kappa shape index (κ1) is 8.30. The van der Waals surface area contributed by atoms with Gasteiger partial charge in [0.25, 0.3) is 0 Å². The van der Waals surface area contributed by atoms with Crippen LogP contribution in [0.5, 0.6) is 0 Å². The lowest BCUT2D eigenvalue weighted by atomic mass is 10.4. The van der Waals surface area contributed by atoms with Crippen LogP contribution < -0.4 is 0 Å². The van der Waals surface area contributed by atoms with Gasteiger partial charge in [0.15, 0.2) is 0 Å². The smallest absolute Gasteiger partial charge is 0.138 e. The maximum atomic E-state index is 9.35. The number of aliphatic hydroxyl groups is 1. The number of aliphatic hydroxyl groups excluding tert-OH is 1. The van der Waals surface area contributed by atoms with Crippen LogP contribution in [0.1, 0.15) is 13.3 Å². The van der Waals surface area contributed by atoms with Gasteiger partial charge in [0.2, 0.25) is 0 Å². The maximum absolute atomic E-state index is 9.35. The molecular weight excluding hydrogens is 166 g/mol. The van der Waals surface area contributed by atoms with Crippen LogP contribution >= 0.6 is 24.0 Å². The van der Waals surface area contributed by atoms with Crippen molar-refractivity contribution < 1.29 is 5.11 Å². The first-order valence-electron chi connectivity index (χ1n) is 3.37. The number of thioether (sulfide) groups is 1. The van der Waals surface area contributed by atoms with E-state index in [1.54, 1.807) is 11.8 Å². The predicted molar refractivity (Wildman–Crippen MR) is 48.1 cm³/mol. The first-order valence-corrected chi connectivity index (χ1v) is 4.76. The van der Waals surface area contributed by atoms with E-state index in [0.717, 1.165) is 23.0 Å². The average molecular weight is 177 g/mol. The van der Waals surface area contributed by atoms with Crippen molar-refractivity contribution in [2.24, 2.45) is 0 Å². The Balaban J connectivity index is 2.46. The Morgan fingerprint density at radius 1 is 1.90 bits per heavy atom. The maximum Gasteiger partial charge on any atom is 0.138 e. The fourth-order valence-electron chi connectivity index (χ4n) is 0.897. The molecule has 0 aromatic rings. The van der Waals surface area contributed by atoms with Crippen molar-refractivity contribution in [3.05, 3.63) is 0 Å². The van der Waals surface area contributed by atoms with Crippen LogP contribution in [0.15, 0.2) is 0 Å². The number of hydrogen-bond acceptors (Lipinski definition) is 3. The van der Waals surface area contributed by atoms with E-state index in [0.29, 0.717) is 0 Å². The molecule has 1 unspecified atom stereocenters. The van der Waals surface area contributed by atoms with Crippen LogP contribution in [0, 0.1) is 0 Å². The van der Waals surface area contributed by atoms with Crippen LogP contribution in [0.25, 0.3) is 0 Å². The molecule has 0 amide bonds. The number of nitrogens with zero attached hydrogens (tertiary/aromatic N) is 1. The molecule has 0 radical (unpaired) electrons. The van der Waals surface area contributed by atoms with E-state index in [1.807, 2.05) is 11.8 Å². The molecule has 0 saturated carbocycles. The van der Waals surface area contributed by atoms with Gasteiger partial charge in [-0.3, -0.25) is 0 Å². The Labute approximate surface area is 70.6 Å². The van der Waals surface area contributed by atoms with Gasteiger partial charge in [-0.2, -0.15) is 0 Å². The second kappa shape index (κ2) is 3.55. The molecule has 0 bridgehead atoms. The van der Waals surface area contributed by atoms with E-state index in [2.05, 4.69) is 0 Å². The molecule has 0 aliphatic carbocycles. The number of rotatable bonds is 2. The van der Waals surface area contributed by atoms with Crippen molar-refractivity contribution in [3.8, 4) is 0 Å². The third kappa shape index (κ3) is 1.62. The fourth-order valence-corrected chi connectivity index (χ4v) is 2.20. The first-order chi connectivity index (χ1) is 4.75. The molecule has 58 valence electrons. The Hall–Kier alpha value is 0.200. The average Bonchev–Trinajstić information content (AvgIpc) is 2.34. The summed E-state index contributed by atoms with van der Waals surface area (Å²) in [6, 6.07) is 0. The summed E-state index contributed by atoms with van der Waals surface area (Å²) in [6.45, 7) is 2.86. The molecule has 1 heterocycles. The van der Waals surface area contributed by atoms with Gasteiger partial charge in [0.1, 0.15) is 10.5 Å². The second-order valence-electron chi connectivity index (χ2n) is 2.20. The summed E-state index contributed by atoms with van der Waals surface area (Å²) in [6.07, 6.45) is 0.392. The largest absolute Gasteiger partial charge is 0.374 e. The monoisotopic (exact) mass is 177 g/mol. The van der Waals surface area contributed by atoms with E-state index in [-0.39, 0.29) is 6.23 Å². The van der Waals surface area contributed by atoms with Crippen LogP contribution in [0.2, 0.25) is 0 Å². The zero-order valence-electron chi connectivity index (χ0n) is 5.91. The van der Waals surface area contributed by atoms with Gasteiger partial charge in [0.05, 0.1) is 0 Å². The SMILES string of the molecule is CCC(O)N1CCSC1=S. The van der Waals surface area contributed by atoms with Crippen molar-refractivity contribution >= 4 is 28.3 Å². The van der Waals surface area contributed by atoms with Gasteiger partial charge < -0.3 is 10.0 Å². The minimum atomic E-state index is -0.359. The zero-order valence-corrected chi connectivity index (χ0v) is 7.54.